The molecule has 0 heterocycles. The molecule has 0 aliphatic rings. The van der Waals surface area contributed by atoms with E-state index >= 15 is 0 Å². The van der Waals surface area contributed by atoms with Crippen LogP contribution in [0.15, 0.2) is 48.5 Å². The van der Waals surface area contributed by atoms with Gasteiger partial charge in [0.2, 0.25) is 0 Å². The highest BCUT2D eigenvalue weighted by Crippen LogP contribution is 2.18. The van der Waals surface area contributed by atoms with E-state index < -0.39 is 6.09 Å². The van der Waals surface area contributed by atoms with Crippen molar-refractivity contribution in [2.45, 2.75) is 6.54 Å². The number of amides is 1. The first-order valence-electron chi connectivity index (χ1n) is 6.53. The fraction of sp³-hybridized carbons (Fsp3) is 0.188. The third-order valence-electron chi connectivity index (χ3n) is 2.93. The Balaban J connectivity index is 1.99. The molecule has 0 saturated carbocycles. The standard InChI is InChI=1S/C16H18N2O3/c1-20-15-8-3-5-12(9-15)11-17-13-6-4-7-14(10-13)18-16(19)21-2/h3-10,17H,11H2,1-2H3,(H,18,19). The van der Waals surface area contributed by atoms with Gasteiger partial charge in [-0.1, -0.05) is 18.2 Å². The van der Waals surface area contributed by atoms with E-state index in [1.165, 1.54) is 7.11 Å². The number of methoxy groups -OCH3 is 2. The minimum absolute atomic E-state index is 0.486. The molecule has 0 bridgehead atoms. The molecule has 1 amide bonds. The van der Waals surface area contributed by atoms with Crippen molar-refractivity contribution in [2.24, 2.45) is 0 Å². The largest absolute Gasteiger partial charge is 0.497 e. The third-order valence-corrected chi connectivity index (χ3v) is 2.93. The number of nitrogens with one attached hydrogen (secondary N) is 2. The Labute approximate surface area is 123 Å². The number of rotatable bonds is 5. The lowest BCUT2D eigenvalue weighted by molar-refractivity contribution is 0.187. The summed E-state index contributed by atoms with van der Waals surface area (Å²) in [5.41, 5.74) is 2.70. The van der Waals surface area contributed by atoms with E-state index in [1.54, 1.807) is 13.2 Å². The fourth-order valence-corrected chi connectivity index (χ4v) is 1.86. The molecule has 0 aliphatic carbocycles. The Morgan fingerprint density at radius 3 is 2.57 bits per heavy atom. The predicted octanol–water partition coefficient (Wildman–Crippen LogP) is 3.49. The quantitative estimate of drug-likeness (QED) is 0.883. The molecular weight excluding hydrogens is 268 g/mol. The monoisotopic (exact) mass is 286 g/mol. The molecule has 2 rings (SSSR count). The summed E-state index contributed by atoms with van der Waals surface area (Å²) in [5, 5.41) is 5.92. The van der Waals surface area contributed by atoms with Gasteiger partial charge in [-0.2, -0.15) is 0 Å². The summed E-state index contributed by atoms with van der Waals surface area (Å²) in [6.45, 7) is 0.666. The summed E-state index contributed by atoms with van der Waals surface area (Å²) in [6.07, 6.45) is -0.486. The highest BCUT2D eigenvalue weighted by Gasteiger charge is 2.02. The van der Waals surface area contributed by atoms with E-state index in [0.29, 0.717) is 12.2 Å². The smallest absolute Gasteiger partial charge is 0.411 e. The van der Waals surface area contributed by atoms with Crippen LogP contribution in [0.5, 0.6) is 5.75 Å². The SMILES string of the molecule is COC(=O)Nc1cccc(NCc2cccc(OC)c2)c1. The Bertz CT molecular complexity index is 614. The molecule has 2 aromatic carbocycles. The van der Waals surface area contributed by atoms with Gasteiger partial charge in [-0.25, -0.2) is 4.79 Å². The molecule has 0 unspecified atom stereocenters. The Hall–Kier alpha value is -2.69. The van der Waals surface area contributed by atoms with Crippen molar-refractivity contribution in [2.75, 3.05) is 24.9 Å². The van der Waals surface area contributed by atoms with Crippen molar-refractivity contribution in [1.82, 2.24) is 0 Å². The summed E-state index contributed by atoms with van der Waals surface area (Å²) >= 11 is 0. The average molecular weight is 286 g/mol. The lowest BCUT2D eigenvalue weighted by Gasteiger charge is -2.10. The van der Waals surface area contributed by atoms with Gasteiger partial charge in [-0.15, -0.1) is 0 Å². The first-order chi connectivity index (χ1) is 10.2. The van der Waals surface area contributed by atoms with Crippen LogP contribution in [-0.4, -0.2) is 20.3 Å². The molecule has 5 nitrogen and oxygen atoms in total. The van der Waals surface area contributed by atoms with E-state index in [2.05, 4.69) is 15.4 Å². The van der Waals surface area contributed by atoms with E-state index in [4.69, 9.17) is 4.74 Å². The van der Waals surface area contributed by atoms with Gasteiger partial charge in [0.05, 0.1) is 14.2 Å². The van der Waals surface area contributed by atoms with Gasteiger partial charge in [0.1, 0.15) is 5.75 Å². The van der Waals surface area contributed by atoms with Gasteiger partial charge in [-0.05, 0) is 35.9 Å². The topological polar surface area (TPSA) is 59.6 Å². The van der Waals surface area contributed by atoms with Gasteiger partial charge in [-0.3, -0.25) is 5.32 Å². The Morgan fingerprint density at radius 1 is 1.05 bits per heavy atom. The number of benzene rings is 2. The highest BCUT2D eigenvalue weighted by atomic mass is 16.5. The zero-order valence-corrected chi connectivity index (χ0v) is 12.1. The van der Waals surface area contributed by atoms with Crippen LogP contribution in [-0.2, 0) is 11.3 Å². The molecule has 2 aromatic rings. The van der Waals surface area contributed by atoms with Crippen molar-refractivity contribution in [3.05, 3.63) is 54.1 Å². The van der Waals surface area contributed by atoms with Crippen molar-refractivity contribution >= 4 is 17.5 Å². The molecule has 0 aromatic heterocycles. The van der Waals surface area contributed by atoms with Gasteiger partial charge in [0.25, 0.3) is 0 Å². The van der Waals surface area contributed by atoms with Gasteiger partial charge in [0.15, 0.2) is 0 Å². The molecule has 0 saturated heterocycles. The maximum absolute atomic E-state index is 11.2. The minimum atomic E-state index is -0.486. The second-order valence-electron chi connectivity index (χ2n) is 4.40. The summed E-state index contributed by atoms with van der Waals surface area (Å²) in [5.74, 6) is 0.829. The molecule has 0 radical (unpaired) electrons. The molecule has 0 atom stereocenters. The predicted molar refractivity (Wildman–Crippen MR) is 82.8 cm³/mol. The second kappa shape index (κ2) is 7.19. The molecular formula is C16H18N2O3. The van der Waals surface area contributed by atoms with E-state index in [0.717, 1.165) is 17.0 Å². The van der Waals surface area contributed by atoms with E-state index in [-0.39, 0.29) is 0 Å². The average Bonchev–Trinajstić information content (AvgIpc) is 2.53. The molecule has 0 fully saturated rings. The van der Waals surface area contributed by atoms with Crippen LogP contribution >= 0.6 is 0 Å². The molecule has 0 aliphatic heterocycles. The van der Waals surface area contributed by atoms with Crippen LogP contribution in [0.1, 0.15) is 5.56 Å². The maximum atomic E-state index is 11.2. The van der Waals surface area contributed by atoms with E-state index in [1.807, 2.05) is 42.5 Å². The zero-order valence-electron chi connectivity index (χ0n) is 12.1. The number of hydrogen-bond donors (Lipinski definition) is 2. The molecule has 21 heavy (non-hydrogen) atoms. The number of anilines is 2. The number of carbonyl (C=O) groups excluding carboxylic acids is 1. The molecule has 0 spiro atoms. The van der Waals surface area contributed by atoms with Crippen molar-refractivity contribution in [3.63, 3.8) is 0 Å². The first kappa shape index (κ1) is 14.7. The lowest BCUT2D eigenvalue weighted by atomic mass is 10.2. The normalized spacial score (nSPS) is 9.81. The number of carbonyl (C=O) groups is 1. The maximum Gasteiger partial charge on any atom is 0.411 e. The number of hydrogen-bond acceptors (Lipinski definition) is 4. The molecule has 5 heteroatoms. The van der Waals surface area contributed by atoms with Crippen LogP contribution in [0.25, 0.3) is 0 Å². The Kier molecular flexibility index (Phi) is 5.04. The number of ether oxygens (including phenoxy) is 2. The highest BCUT2D eigenvalue weighted by molar-refractivity contribution is 5.85. The van der Waals surface area contributed by atoms with Crippen molar-refractivity contribution in [1.29, 1.82) is 0 Å². The fourth-order valence-electron chi connectivity index (χ4n) is 1.86. The summed E-state index contributed by atoms with van der Waals surface area (Å²) in [6, 6.07) is 15.3. The lowest BCUT2D eigenvalue weighted by Crippen LogP contribution is -2.11. The van der Waals surface area contributed by atoms with Crippen LogP contribution in [0.2, 0.25) is 0 Å². The van der Waals surface area contributed by atoms with Crippen molar-refractivity contribution < 1.29 is 14.3 Å². The molecule has 2 N–H and O–H groups in total. The van der Waals surface area contributed by atoms with Gasteiger partial charge < -0.3 is 14.8 Å². The van der Waals surface area contributed by atoms with E-state index in [9.17, 15) is 4.79 Å². The first-order valence-corrected chi connectivity index (χ1v) is 6.53. The summed E-state index contributed by atoms with van der Waals surface area (Å²) in [4.78, 5) is 11.2. The zero-order chi connectivity index (χ0) is 15.1. The van der Waals surface area contributed by atoms with Crippen LogP contribution in [0.4, 0.5) is 16.2 Å². The van der Waals surface area contributed by atoms with Crippen LogP contribution < -0.4 is 15.4 Å². The van der Waals surface area contributed by atoms with Gasteiger partial charge >= 0.3 is 6.09 Å². The second-order valence-corrected chi connectivity index (χ2v) is 4.40. The minimum Gasteiger partial charge on any atom is -0.497 e. The van der Waals surface area contributed by atoms with Crippen molar-refractivity contribution in [3.8, 4) is 5.75 Å². The van der Waals surface area contributed by atoms with Gasteiger partial charge in [0, 0.05) is 17.9 Å². The summed E-state index contributed by atoms with van der Waals surface area (Å²) < 4.78 is 9.76. The summed E-state index contributed by atoms with van der Waals surface area (Å²) in [7, 11) is 2.98. The van der Waals surface area contributed by atoms with Crippen LogP contribution in [0.3, 0.4) is 0 Å². The Morgan fingerprint density at radius 2 is 1.81 bits per heavy atom. The third kappa shape index (κ3) is 4.42. The van der Waals surface area contributed by atoms with Crippen LogP contribution in [0, 0.1) is 0 Å². The molecule has 110 valence electrons.